The lowest BCUT2D eigenvalue weighted by molar-refractivity contribution is -0.146. The molecule has 5 nitrogen and oxygen atoms in total. The number of fused-ring (bicyclic) bond motifs is 3. The van der Waals surface area contributed by atoms with Gasteiger partial charge in [0.1, 0.15) is 0 Å². The van der Waals surface area contributed by atoms with Gasteiger partial charge in [0.25, 0.3) is 5.91 Å². The van der Waals surface area contributed by atoms with Crippen molar-refractivity contribution in [3.63, 3.8) is 0 Å². The molecule has 0 spiro atoms. The van der Waals surface area contributed by atoms with Gasteiger partial charge in [-0.3, -0.25) is 4.79 Å². The number of rotatable bonds is 4. The first-order chi connectivity index (χ1) is 13.5. The predicted octanol–water partition coefficient (Wildman–Crippen LogP) is 4.10. The number of amides is 1. The van der Waals surface area contributed by atoms with Gasteiger partial charge in [-0.15, -0.1) is 0 Å². The maximum absolute atomic E-state index is 13.0. The maximum Gasteiger partial charge on any atom is 0.337 e. The second-order valence-electron chi connectivity index (χ2n) is 6.57. The summed E-state index contributed by atoms with van der Waals surface area (Å²) in [5.41, 5.74) is 5.69. The van der Waals surface area contributed by atoms with Gasteiger partial charge in [-0.2, -0.15) is 0 Å². The van der Waals surface area contributed by atoms with Crippen LogP contribution in [-0.2, 0) is 4.79 Å². The van der Waals surface area contributed by atoms with Gasteiger partial charge >= 0.3 is 5.97 Å². The summed E-state index contributed by atoms with van der Waals surface area (Å²) >= 11 is 0. The van der Waals surface area contributed by atoms with Gasteiger partial charge in [-0.05, 0) is 46.0 Å². The standard InChI is InChI=1S/C23H17NO4/c1-13-16-8-2-3-9-17(16)18-10-5-11-19(20(13)18)22(26)24-15-7-4-6-14(12-15)21(25)23(27)28/h2-12,21,25H,1H2,(H,24,26)(H,27,28)/t21-/m1/s1. The summed E-state index contributed by atoms with van der Waals surface area (Å²) in [6.07, 6.45) is -1.65. The number of carbonyl (C=O) groups is 2. The number of benzene rings is 3. The first-order valence-corrected chi connectivity index (χ1v) is 8.71. The molecule has 3 aromatic rings. The molecule has 5 heteroatoms. The monoisotopic (exact) mass is 371 g/mol. The summed E-state index contributed by atoms with van der Waals surface area (Å²) in [5.74, 6) is -1.67. The van der Waals surface area contributed by atoms with E-state index in [-0.39, 0.29) is 11.5 Å². The van der Waals surface area contributed by atoms with Crippen LogP contribution in [0, 0.1) is 0 Å². The summed E-state index contributed by atoms with van der Waals surface area (Å²) in [6, 6.07) is 19.6. The number of nitrogens with one attached hydrogen (secondary N) is 1. The highest BCUT2D eigenvalue weighted by atomic mass is 16.4. The molecule has 1 atom stereocenters. The Balaban J connectivity index is 1.68. The average molecular weight is 371 g/mol. The van der Waals surface area contributed by atoms with E-state index in [4.69, 9.17) is 5.11 Å². The van der Waals surface area contributed by atoms with Crippen LogP contribution in [0.1, 0.15) is 33.2 Å². The Morgan fingerprint density at radius 1 is 0.893 bits per heavy atom. The van der Waals surface area contributed by atoms with Crippen molar-refractivity contribution in [2.24, 2.45) is 0 Å². The molecule has 138 valence electrons. The number of carboxylic acid groups (broad SMARTS) is 1. The molecule has 4 rings (SSSR count). The molecule has 3 N–H and O–H groups in total. The van der Waals surface area contributed by atoms with E-state index in [2.05, 4.69) is 11.9 Å². The minimum Gasteiger partial charge on any atom is -0.479 e. The second kappa shape index (κ2) is 6.79. The van der Waals surface area contributed by atoms with E-state index in [0.29, 0.717) is 11.3 Å². The van der Waals surface area contributed by atoms with Crippen LogP contribution in [0.15, 0.2) is 73.3 Å². The van der Waals surface area contributed by atoms with Crippen LogP contribution in [0.25, 0.3) is 16.7 Å². The van der Waals surface area contributed by atoms with Crippen molar-refractivity contribution in [3.8, 4) is 11.1 Å². The van der Waals surface area contributed by atoms with Gasteiger partial charge in [0.05, 0.1) is 0 Å². The summed E-state index contributed by atoms with van der Waals surface area (Å²) < 4.78 is 0. The van der Waals surface area contributed by atoms with Crippen LogP contribution in [0.5, 0.6) is 0 Å². The first-order valence-electron chi connectivity index (χ1n) is 8.71. The third-order valence-electron chi connectivity index (χ3n) is 4.85. The zero-order valence-electron chi connectivity index (χ0n) is 14.8. The Morgan fingerprint density at radius 3 is 2.32 bits per heavy atom. The number of hydrogen-bond donors (Lipinski definition) is 3. The summed E-state index contributed by atoms with van der Waals surface area (Å²) in [5, 5.41) is 21.5. The lowest BCUT2D eigenvalue weighted by Gasteiger charge is -2.12. The van der Waals surface area contributed by atoms with E-state index in [1.54, 1.807) is 18.2 Å². The maximum atomic E-state index is 13.0. The molecule has 0 unspecified atom stereocenters. The van der Waals surface area contributed by atoms with Crippen molar-refractivity contribution >= 4 is 23.1 Å². The Hall–Kier alpha value is -3.70. The first kappa shape index (κ1) is 17.7. The van der Waals surface area contributed by atoms with E-state index < -0.39 is 12.1 Å². The van der Waals surface area contributed by atoms with Crippen LogP contribution in [0.3, 0.4) is 0 Å². The fraction of sp³-hybridized carbons (Fsp3) is 0.0435. The molecular weight excluding hydrogens is 354 g/mol. The molecule has 28 heavy (non-hydrogen) atoms. The minimum atomic E-state index is -1.65. The van der Waals surface area contributed by atoms with Gasteiger partial charge in [0.15, 0.2) is 6.10 Å². The molecule has 1 amide bonds. The summed E-state index contributed by atoms with van der Waals surface area (Å²) in [4.78, 5) is 23.9. The molecule has 0 aromatic heterocycles. The summed E-state index contributed by atoms with van der Waals surface area (Å²) in [7, 11) is 0. The Labute approximate surface area is 161 Å². The largest absolute Gasteiger partial charge is 0.479 e. The molecule has 3 aromatic carbocycles. The second-order valence-corrected chi connectivity index (χ2v) is 6.57. The number of aliphatic carboxylic acids is 1. The zero-order chi connectivity index (χ0) is 19.8. The average Bonchev–Trinajstić information content (AvgIpc) is 3.00. The number of anilines is 1. The molecule has 1 aliphatic carbocycles. The predicted molar refractivity (Wildman–Crippen MR) is 107 cm³/mol. The van der Waals surface area contributed by atoms with Gasteiger partial charge in [0.2, 0.25) is 0 Å². The van der Waals surface area contributed by atoms with Gasteiger partial charge in [0, 0.05) is 16.8 Å². The summed E-state index contributed by atoms with van der Waals surface area (Å²) in [6.45, 7) is 4.17. The zero-order valence-corrected chi connectivity index (χ0v) is 14.8. The van der Waals surface area contributed by atoms with Gasteiger partial charge in [-0.1, -0.05) is 55.1 Å². The topological polar surface area (TPSA) is 86.6 Å². The van der Waals surface area contributed by atoms with E-state index in [9.17, 15) is 14.7 Å². The van der Waals surface area contributed by atoms with E-state index in [0.717, 1.165) is 27.8 Å². The third-order valence-corrected chi connectivity index (χ3v) is 4.85. The molecule has 0 saturated heterocycles. The molecule has 0 aliphatic heterocycles. The quantitative estimate of drug-likeness (QED) is 0.504. The number of hydrogen-bond acceptors (Lipinski definition) is 3. The van der Waals surface area contributed by atoms with Crippen LogP contribution in [0.4, 0.5) is 5.69 Å². The Kier molecular flexibility index (Phi) is 4.29. The fourth-order valence-corrected chi connectivity index (χ4v) is 3.53. The van der Waals surface area contributed by atoms with Crippen molar-refractivity contribution in [3.05, 3.63) is 95.6 Å². The van der Waals surface area contributed by atoms with Crippen molar-refractivity contribution in [2.75, 3.05) is 5.32 Å². The van der Waals surface area contributed by atoms with Gasteiger partial charge in [-0.25, -0.2) is 4.79 Å². The van der Waals surface area contributed by atoms with E-state index in [1.807, 2.05) is 36.4 Å². The third kappa shape index (κ3) is 2.88. The number of carbonyl (C=O) groups excluding carboxylic acids is 1. The van der Waals surface area contributed by atoms with E-state index >= 15 is 0 Å². The molecule has 0 bridgehead atoms. The van der Waals surface area contributed by atoms with Gasteiger partial charge < -0.3 is 15.5 Å². The van der Waals surface area contributed by atoms with Crippen molar-refractivity contribution < 1.29 is 19.8 Å². The Bertz CT molecular complexity index is 1130. The highest BCUT2D eigenvalue weighted by Crippen LogP contribution is 2.44. The molecule has 0 fully saturated rings. The SMILES string of the molecule is C=C1c2ccccc2-c2cccc(C(=O)Nc3cccc([C@@H](O)C(=O)O)c3)c21. The van der Waals surface area contributed by atoms with Crippen LogP contribution in [-0.4, -0.2) is 22.1 Å². The van der Waals surface area contributed by atoms with E-state index in [1.165, 1.54) is 12.1 Å². The fourth-order valence-electron chi connectivity index (χ4n) is 3.53. The smallest absolute Gasteiger partial charge is 0.337 e. The minimum absolute atomic E-state index is 0.195. The molecule has 0 saturated carbocycles. The number of aliphatic hydroxyl groups excluding tert-OH is 1. The number of carboxylic acids is 1. The molecular formula is C23H17NO4. The highest BCUT2D eigenvalue weighted by Gasteiger charge is 2.26. The lowest BCUT2D eigenvalue weighted by Crippen LogP contribution is -2.15. The Morgan fingerprint density at radius 2 is 1.57 bits per heavy atom. The molecule has 1 aliphatic rings. The van der Waals surface area contributed by atoms with Crippen LogP contribution in [0.2, 0.25) is 0 Å². The molecule has 0 radical (unpaired) electrons. The number of aliphatic hydroxyl groups is 1. The van der Waals surface area contributed by atoms with Crippen LogP contribution >= 0.6 is 0 Å². The van der Waals surface area contributed by atoms with Crippen LogP contribution < -0.4 is 5.32 Å². The molecule has 0 heterocycles. The van der Waals surface area contributed by atoms with Crippen molar-refractivity contribution in [2.45, 2.75) is 6.10 Å². The lowest BCUT2D eigenvalue weighted by atomic mass is 9.98. The van der Waals surface area contributed by atoms with Crippen molar-refractivity contribution in [1.29, 1.82) is 0 Å². The normalized spacial score (nSPS) is 12.8. The highest BCUT2D eigenvalue weighted by molar-refractivity contribution is 6.13. The van der Waals surface area contributed by atoms with Crippen molar-refractivity contribution in [1.82, 2.24) is 0 Å².